The molecule has 0 unspecified atom stereocenters. The first-order valence-electron chi connectivity index (χ1n) is 2.30. The van der Waals surface area contributed by atoms with Gasteiger partial charge in [-0.15, -0.1) is 0 Å². The minimum absolute atomic E-state index is 0.958. The second-order valence-corrected chi connectivity index (χ2v) is 3.43. The SMILES string of the molecule is Ic1cnc2scnn12. The summed E-state index contributed by atoms with van der Waals surface area (Å²) in [5.41, 5.74) is 1.78. The molecule has 46 valence electrons. The molecular formula is C4H2IN3S. The van der Waals surface area contributed by atoms with Gasteiger partial charge in [0.25, 0.3) is 0 Å². The van der Waals surface area contributed by atoms with Crippen LogP contribution >= 0.6 is 33.9 Å². The molecule has 0 saturated heterocycles. The second-order valence-electron chi connectivity index (χ2n) is 1.51. The number of halogens is 1. The molecule has 0 saturated carbocycles. The van der Waals surface area contributed by atoms with E-state index in [1.807, 2.05) is 4.52 Å². The van der Waals surface area contributed by atoms with Crippen LogP contribution in [0.25, 0.3) is 4.96 Å². The Labute approximate surface area is 68.9 Å². The highest BCUT2D eigenvalue weighted by atomic mass is 127. The molecule has 0 amide bonds. The molecular weight excluding hydrogens is 249 g/mol. The van der Waals surface area contributed by atoms with Crippen LogP contribution in [0.4, 0.5) is 0 Å². The zero-order valence-electron chi connectivity index (χ0n) is 4.28. The van der Waals surface area contributed by atoms with Crippen LogP contribution in [-0.2, 0) is 0 Å². The first-order valence-corrected chi connectivity index (χ1v) is 4.26. The summed E-state index contributed by atoms with van der Waals surface area (Å²) in [6.45, 7) is 0. The van der Waals surface area contributed by atoms with Crippen molar-refractivity contribution in [2.24, 2.45) is 0 Å². The van der Waals surface area contributed by atoms with E-state index in [2.05, 4.69) is 32.7 Å². The fourth-order valence-corrected chi connectivity index (χ4v) is 1.86. The van der Waals surface area contributed by atoms with Crippen molar-refractivity contribution in [2.75, 3.05) is 0 Å². The zero-order valence-corrected chi connectivity index (χ0v) is 7.26. The Morgan fingerprint density at radius 1 is 1.67 bits per heavy atom. The molecule has 0 aliphatic carbocycles. The quantitative estimate of drug-likeness (QED) is 0.662. The van der Waals surface area contributed by atoms with Gasteiger partial charge in [0.15, 0.2) is 0 Å². The average molecular weight is 251 g/mol. The maximum absolute atomic E-state index is 4.09. The molecule has 0 aliphatic heterocycles. The van der Waals surface area contributed by atoms with E-state index < -0.39 is 0 Å². The molecule has 0 atom stereocenters. The van der Waals surface area contributed by atoms with Crippen LogP contribution in [0.2, 0.25) is 0 Å². The third-order valence-corrected chi connectivity index (χ3v) is 2.41. The summed E-state index contributed by atoms with van der Waals surface area (Å²) >= 11 is 3.74. The van der Waals surface area contributed by atoms with Crippen molar-refractivity contribution >= 4 is 38.9 Å². The van der Waals surface area contributed by atoms with Gasteiger partial charge in [-0.25, -0.2) is 4.98 Å². The van der Waals surface area contributed by atoms with Gasteiger partial charge in [-0.05, 0) is 22.6 Å². The van der Waals surface area contributed by atoms with Gasteiger partial charge in [0.05, 0.1) is 6.20 Å². The molecule has 2 aromatic heterocycles. The Balaban J connectivity index is 2.99. The normalized spacial score (nSPS) is 10.8. The number of hydrogen-bond acceptors (Lipinski definition) is 3. The van der Waals surface area contributed by atoms with Crippen molar-refractivity contribution in [3.63, 3.8) is 0 Å². The highest BCUT2D eigenvalue weighted by Crippen LogP contribution is 2.10. The van der Waals surface area contributed by atoms with Crippen LogP contribution in [0.15, 0.2) is 11.7 Å². The van der Waals surface area contributed by atoms with Gasteiger partial charge in [0, 0.05) is 0 Å². The van der Waals surface area contributed by atoms with Crippen molar-refractivity contribution in [3.05, 3.63) is 15.4 Å². The molecule has 2 aromatic rings. The lowest BCUT2D eigenvalue weighted by atomic mass is 11.0. The summed E-state index contributed by atoms with van der Waals surface area (Å²) in [6.07, 6.45) is 1.80. The first-order chi connectivity index (χ1) is 4.38. The molecule has 9 heavy (non-hydrogen) atoms. The monoisotopic (exact) mass is 251 g/mol. The fourth-order valence-electron chi connectivity index (χ4n) is 0.612. The highest BCUT2D eigenvalue weighted by Gasteiger charge is 1.99. The van der Waals surface area contributed by atoms with Crippen molar-refractivity contribution in [1.82, 2.24) is 14.6 Å². The van der Waals surface area contributed by atoms with Crippen molar-refractivity contribution < 1.29 is 0 Å². The van der Waals surface area contributed by atoms with Crippen LogP contribution in [0.3, 0.4) is 0 Å². The van der Waals surface area contributed by atoms with Gasteiger partial charge in [0.2, 0.25) is 4.96 Å². The molecule has 0 spiro atoms. The van der Waals surface area contributed by atoms with Gasteiger partial charge in [-0.1, -0.05) is 11.3 Å². The van der Waals surface area contributed by atoms with Gasteiger partial charge in [-0.2, -0.15) is 9.61 Å². The van der Waals surface area contributed by atoms with E-state index in [1.165, 1.54) is 0 Å². The van der Waals surface area contributed by atoms with Crippen molar-refractivity contribution in [3.8, 4) is 0 Å². The zero-order chi connectivity index (χ0) is 6.27. The lowest BCUT2D eigenvalue weighted by molar-refractivity contribution is 0.948. The number of fused-ring (bicyclic) bond motifs is 1. The summed E-state index contributed by atoms with van der Waals surface area (Å²) in [7, 11) is 0. The van der Waals surface area contributed by atoms with E-state index in [9.17, 15) is 0 Å². The fraction of sp³-hybridized carbons (Fsp3) is 0. The number of rotatable bonds is 0. The van der Waals surface area contributed by atoms with Gasteiger partial charge >= 0.3 is 0 Å². The Morgan fingerprint density at radius 2 is 2.56 bits per heavy atom. The smallest absolute Gasteiger partial charge is 0.212 e. The topological polar surface area (TPSA) is 30.2 Å². The predicted octanol–water partition coefficient (Wildman–Crippen LogP) is 1.40. The third-order valence-electron chi connectivity index (χ3n) is 0.986. The van der Waals surface area contributed by atoms with Gasteiger partial charge in [-0.3, -0.25) is 0 Å². The standard InChI is InChI=1S/C4H2IN3S/c5-3-1-6-4-8(3)7-2-9-4/h1-2H. The summed E-state index contributed by atoms with van der Waals surface area (Å²) in [4.78, 5) is 5.05. The Morgan fingerprint density at radius 3 is 3.33 bits per heavy atom. The maximum atomic E-state index is 4.09. The van der Waals surface area contributed by atoms with Crippen LogP contribution in [0.5, 0.6) is 0 Å². The molecule has 0 aliphatic rings. The molecule has 5 heteroatoms. The summed E-state index contributed by atoms with van der Waals surface area (Å²) in [5.74, 6) is 0. The van der Waals surface area contributed by atoms with E-state index in [0.717, 1.165) is 8.66 Å². The Bertz CT molecular complexity index is 325. The van der Waals surface area contributed by atoms with E-state index in [1.54, 1.807) is 23.0 Å². The number of nitrogens with zero attached hydrogens (tertiary/aromatic N) is 3. The molecule has 2 heterocycles. The lowest BCUT2D eigenvalue weighted by Crippen LogP contribution is -1.82. The van der Waals surface area contributed by atoms with Gasteiger partial charge in [0.1, 0.15) is 9.21 Å². The van der Waals surface area contributed by atoms with Crippen LogP contribution < -0.4 is 0 Å². The number of hydrogen-bond donors (Lipinski definition) is 0. The largest absolute Gasteiger partial charge is 0.225 e. The second kappa shape index (κ2) is 1.91. The van der Waals surface area contributed by atoms with E-state index in [0.29, 0.717) is 0 Å². The van der Waals surface area contributed by atoms with Crippen LogP contribution in [0.1, 0.15) is 0 Å². The highest BCUT2D eigenvalue weighted by molar-refractivity contribution is 14.1. The third kappa shape index (κ3) is 0.751. The molecule has 0 N–H and O–H groups in total. The van der Waals surface area contributed by atoms with Crippen LogP contribution in [0, 0.1) is 3.70 Å². The predicted molar refractivity (Wildman–Crippen MR) is 43.6 cm³/mol. The van der Waals surface area contributed by atoms with Crippen LogP contribution in [-0.4, -0.2) is 14.6 Å². The number of imidazole rings is 1. The molecule has 2 rings (SSSR count). The summed E-state index contributed by atoms with van der Waals surface area (Å²) in [6, 6.07) is 0. The minimum atomic E-state index is 0.958. The number of aromatic nitrogens is 3. The van der Waals surface area contributed by atoms with E-state index >= 15 is 0 Å². The van der Waals surface area contributed by atoms with E-state index in [-0.39, 0.29) is 0 Å². The molecule has 0 aromatic carbocycles. The minimum Gasteiger partial charge on any atom is -0.225 e. The van der Waals surface area contributed by atoms with Crippen molar-refractivity contribution in [1.29, 1.82) is 0 Å². The molecule has 0 bridgehead atoms. The van der Waals surface area contributed by atoms with Crippen molar-refractivity contribution in [2.45, 2.75) is 0 Å². The Kier molecular flexibility index (Phi) is 1.19. The summed E-state index contributed by atoms with van der Waals surface area (Å²) in [5, 5.41) is 4.04. The molecule has 0 fully saturated rings. The first kappa shape index (κ1) is 5.60. The van der Waals surface area contributed by atoms with E-state index in [4.69, 9.17) is 0 Å². The summed E-state index contributed by atoms with van der Waals surface area (Å²) < 4.78 is 2.87. The molecule has 0 radical (unpaired) electrons. The Hall–Kier alpha value is -0.170. The van der Waals surface area contributed by atoms with Gasteiger partial charge < -0.3 is 0 Å². The lowest BCUT2D eigenvalue weighted by Gasteiger charge is -1.77. The average Bonchev–Trinajstić information content (AvgIpc) is 2.35. The maximum Gasteiger partial charge on any atom is 0.212 e. The molecule has 3 nitrogen and oxygen atoms in total.